The summed E-state index contributed by atoms with van der Waals surface area (Å²) in [4.78, 5) is 18.3. The van der Waals surface area contributed by atoms with Gasteiger partial charge in [0.2, 0.25) is 0 Å². The quantitative estimate of drug-likeness (QED) is 0.838. The Bertz CT molecular complexity index is 866. The number of hydrogen-bond donors (Lipinski definition) is 1. The number of pyridine rings is 1. The Morgan fingerprint density at radius 1 is 1.22 bits per heavy atom. The molecule has 0 aliphatic carbocycles. The monoisotopic (exact) mass is 375 g/mol. The lowest BCUT2D eigenvalue weighted by Crippen LogP contribution is -2.48. The molecule has 0 unspecified atom stereocenters. The van der Waals surface area contributed by atoms with Crippen LogP contribution >= 0.6 is 0 Å². The third kappa shape index (κ3) is 3.75. The van der Waals surface area contributed by atoms with Crippen LogP contribution in [0.1, 0.15) is 38.8 Å². The fourth-order valence-electron chi connectivity index (χ4n) is 3.94. The highest BCUT2D eigenvalue weighted by Gasteiger charge is 2.33. The fourth-order valence-corrected chi connectivity index (χ4v) is 3.94. The summed E-state index contributed by atoms with van der Waals surface area (Å²) in [5.41, 5.74) is 2.35. The van der Waals surface area contributed by atoms with Crippen LogP contribution in [0.2, 0.25) is 0 Å². The molecule has 0 amide bonds. The standard InChI is InChI=1S/C20H20F3N3O/c21-20(22,23)19-11-15(3-5-25-19)18(27)10-13-1-2-16-14(9-13)4-7-26-8-6-24-12-17(16)26/h1-3,5,9,11,17,24H,4,6-8,10,12H2/t17-/m0/s1. The van der Waals surface area contributed by atoms with Gasteiger partial charge in [0.15, 0.2) is 5.78 Å². The number of Topliss-reactive ketones (excluding diaryl/α,β-unsaturated/α-hetero) is 1. The molecule has 27 heavy (non-hydrogen) atoms. The molecule has 4 rings (SSSR count). The lowest BCUT2D eigenvalue weighted by Gasteiger charge is -2.41. The maximum absolute atomic E-state index is 12.8. The number of fused-ring (bicyclic) bond motifs is 3. The summed E-state index contributed by atoms with van der Waals surface area (Å²) >= 11 is 0. The van der Waals surface area contributed by atoms with Crippen LogP contribution in [0.5, 0.6) is 0 Å². The Kier molecular flexibility index (Phi) is 4.74. The van der Waals surface area contributed by atoms with Crippen molar-refractivity contribution in [2.45, 2.75) is 25.1 Å². The Morgan fingerprint density at radius 2 is 2.07 bits per heavy atom. The van der Waals surface area contributed by atoms with Crippen molar-refractivity contribution in [2.24, 2.45) is 0 Å². The van der Waals surface area contributed by atoms with Crippen LogP contribution in [0, 0.1) is 0 Å². The Hall–Kier alpha value is -2.25. The number of alkyl halides is 3. The number of benzene rings is 1. The molecule has 1 fully saturated rings. The van der Waals surface area contributed by atoms with Crippen molar-refractivity contribution in [1.82, 2.24) is 15.2 Å². The van der Waals surface area contributed by atoms with Crippen LogP contribution in [0.15, 0.2) is 36.5 Å². The number of aromatic nitrogens is 1. The Balaban J connectivity index is 1.53. The summed E-state index contributed by atoms with van der Waals surface area (Å²) in [7, 11) is 0. The average molecular weight is 375 g/mol. The maximum Gasteiger partial charge on any atom is 0.433 e. The molecular weight excluding hydrogens is 355 g/mol. The van der Waals surface area contributed by atoms with Crippen molar-refractivity contribution in [2.75, 3.05) is 26.2 Å². The number of nitrogens with one attached hydrogen (secondary N) is 1. The minimum Gasteiger partial charge on any atom is -0.314 e. The van der Waals surface area contributed by atoms with Gasteiger partial charge in [-0.2, -0.15) is 13.2 Å². The number of carbonyl (C=O) groups excluding carboxylic acids is 1. The first kappa shape index (κ1) is 18.1. The Morgan fingerprint density at radius 3 is 2.89 bits per heavy atom. The molecule has 2 aliphatic rings. The van der Waals surface area contributed by atoms with Crippen LogP contribution in [0.3, 0.4) is 0 Å². The predicted octanol–water partition coefficient (Wildman–Crippen LogP) is 3.03. The summed E-state index contributed by atoms with van der Waals surface area (Å²) in [6.45, 7) is 3.96. The molecular formula is C20H20F3N3O. The van der Waals surface area contributed by atoms with Crippen molar-refractivity contribution in [3.8, 4) is 0 Å². The van der Waals surface area contributed by atoms with E-state index in [0.717, 1.165) is 50.4 Å². The van der Waals surface area contributed by atoms with E-state index in [2.05, 4.69) is 21.3 Å². The van der Waals surface area contributed by atoms with Crippen LogP contribution in [0.4, 0.5) is 13.2 Å². The van der Waals surface area contributed by atoms with Crippen molar-refractivity contribution in [3.05, 3.63) is 64.5 Å². The number of piperazine rings is 1. The molecule has 7 heteroatoms. The van der Waals surface area contributed by atoms with Gasteiger partial charge < -0.3 is 5.32 Å². The van der Waals surface area contributed by atoms with Gasteiger partial charge in [-0.15, -0.1) is 0 Å². The highest BCUT2D eigenvalue weighted by atomic mass is 19.4. The number of carbonyl (C=O) groups is 1. The van der Waals surface area contributed by atoms with Gasteiger partial charge in [-0.05, 0) is 35.2 Å². The number of nitrogens with zero attached hydrogens (tertiary/aromatic N) is 2. The highest BCUT2D eigenvalue weighted by molar-refractivity contribution is 5.97. The van der Waals surface area contributed by atoms with E-state index in [0.29, 0.717) is 6.04 Å². The van der Waals surface area contributed by atoms with Gasteiger partial charge >= 0.3 is 6.18 Å². The fraction of sp³-hybridized carbons (Fsp3) is 0.400. The normalized spacial score (nSPS) is 20.0. The van der Waals surface area contributed by atoms with Crippen molar-refractivity contribution < 1.29 is 18.0 Å². The van der Waals surface area contributed by atoms with Gasteiger partial charge in [0.05, 0.1) is 0 Å². The second-order valence-electron chi connectivity index (χ2n) is 7.07. The lowest BCUT2D eigenvalue weighted by molar-refractivity contribution is -0.141. The molecule has 0 bridgehead atoms. The molecule has 0 spiro atoms. The molecule has 2 aliphatic heterocycles. The van der Waals surface area contributed by atoms with Crippen molar-refractivity contribution in [1.29, 1.82) is 0 Å². The molecule has 142 valence electrons. The first-order valence-corrected chi connectivity index (χ1v) is 9.05. The average Bonchev–Trinajstić information content (AvgIpc) is 2.67. The molecule has 2 aromatic rings. The topological polar surface area (TPSA) is 45.2 Å². The number of halogens is 3. The zero-order valence-corrected chi connectivity index (χ0v) is 14.7. The van der Waals surface area contributed by atoms with Crippen LogP contribution in [0.25, 0.3) is 0 Å². The first-order chi connectivity index (χ1) is 12.9. The second kappa shape index (κ2) is 7.05. The van der Waals surface area contributed by atoms with Crippen molar-refractivity contribution in [3.63, 3.8) is 0 Å². The van der Waals surface area contributed by atoms with Gasteiger partial charge in [-0.3, -0.25) is 14.7 Å². The zero-order chi connectivity index (χ0) is 19.0. The predicted molar refractivity (Wildman–Crippen MR) is 94.6 cm³/mol. The van der Waals surface area contributed by atoms with E-state index in [9.17, 15) is 18.0 Å². The van der Waals surface area contributed by atoms with Crippen LogP contribution in [-0.2, 0) is 19.0 Å². The Labute approximate surface area is 155 Å². The summed E-state index contributed by atoms with van der Waals surface area (Å²) in [6, 6.07) is 8.54. The van der Waals surface area contributed by atoms with E-state index in [1.54, 1.807) is 0 Å². The molecule has 0 saturated carbocycles. The third-order valence-electron chi connectivity index (χ3n) is 5.33. The summed E-state index contributed by atoms with van der Waals surface area (Å²) in [5, 5.41) is 3.42. The molecule has 4 nitrogen and oxygen atoms in total. The van der Waals surface area contributed by atoms with E-state index in [1.165, 1.54) is 17.2 Å². The first-order valence-electron chi connectivity index (χ1n) is 9.05. The molecule has 3 heterocycles. The van der Waals surface area contributed by atoms with Crippen LogP contribution < -0.4 is 5.32 Å². The van der Waals surface area contributed by atoms with E-state index < -0.39 is 11.9 Å². The minimum absolute atomic E-state index is 0.0395. The molecule has 1 atom stereocenters. The lowest BCUT2D eigenvalue weighted by atomic mass is 9.89. The molecule has 0 radical (unpaired) electrons. The molecule has 1 saturated heterocycles. The van der Waals surface area contributed by atoms with Crippen LogP contribution in [-0.4, -0.2) is 41.8 Å². The van der Waals surface area contributed by atoms with E-state index in [1.807, 2.05) is 12.1 Å². The number of hydrogen-bond acceptors (Lipinski definition) is 4. The van der Waals surface area contributed by atoms with Crippen molar-refractivity contribution >= 4 is 5.78 Å². The summed E-state index contributed by atoms with van der Waals surface area (Å²) in [6.07, 6.45) is -2.50. The number of ketones is 1. The molecule has 1 aromatic heterocycles. The second-order valence-corrected chi connectivity index (χ2v) is 7.07. The minimum atomic E-state index is -4.55. The third-order valence-corrected chi connectivity index (χ3v) is 5.33. The summed E-state index contributed by atoms with van der Waals surface area (Å²) in [5.74, 6) is -0.334. The van der Waals surface area contributed by atoms with Gasteiger partial charge in [-0.1, -0.05) is 18.2 Å². The highest BCUT2D eigenvalue weighted by Crippen LogP contribution is 2.31. The zero-order valence-electron chi connectivity index (χ0n) is 14.7. The van der Waals surface area contributed by atoms with E-state index in [-0.39, 0.29) is 17.8 Å². The van der Waals surface area contributed by atoms with E-state index >= 15 is 0 Å². The largest absolute Gasteiger partial charge is 0.433 e. The van der Waals surface area contributed by atoms with Gasteiger partial charge in [0.1, 0.15) is 5.69 Å². The van der Waals surface area contributed by atoms with E-state index in [4.69, 9.17) is 0 Å². The smallest absolute Gasteiger partial charge is 0.314 e. The SMILES string of the molecule is O=C(Cc1ccc2c(c1)CCN1CCNC[C@@H]21)c1ccnc(C(F)(F)F)c1. The molecule has 1 aromatic carbocycles. The summed E-state index contributed by atoms with van der Waals surface area (Å²) < 4.78 is 38.4. The van der Waals surface area contributed by atoms with Gasteiger partial charge in [0.25, 0.3) is 0 Å². The van der Waals surface area contributed by atoms with Gasteiger partial charge in [0, 0.05) is 50.4 Å². The maximum atomic E-state index is 12.8. The molecule has 1 N–H and O–H groups in total. The van der Waals surface area contributed by atoms with Gasteiger partial charge in [-0.25, -0.2) is 0 Å². The number of rotatable bonds is 3.